The second-order valence-electron chi connectivity index (χ2n) is 7.72. The van der Waals surface area contributed by atoms with Gasteiger partial charge in [-0.1, -0.05) is 103 Å². The molecule has 0 bridgehead atoms. The fraction of sp³-hybridized carbons (Fsp3) is 1.00. The molecule has 1 N–H and O–H groups in total. The summed E-state index contributed by atoms with van der Waals surface area (Å²) in [5, 5.41) is 8.05. The van der Waals surface area contributed by atoms with Crippen LogP contribution < -0.4 is 51.4 Å². The summed E-state index contributed by atoms with van der Waals surface area (Å²) in [6.45, 7) is 2.48. The molecule has 0 fully saturated rings. The Bertz CT molecular complexity index is 388. The normalized spacial score (nSPS) is 12.7. The summed E-state index contributed by atoms with van der Waals surface area (Å²) in [6.07, 6.45) is 19.0. The predicted octanol–water partition coefficient (Wildman–Crippen LogP) is 2.94. The van der Waals surface area contributed by atoms with Gasteiger partial charge in [-0.2, -0.15) is 0 Å². The molecule has 0 rings (SSSR count). The third kappa shape index (κ3) is 22.0. The van der Waals surface area contributed by atoms with Crippen molar-refractivity contribution in [2.45, 2.75) is 128 Å². The molecule has 0 aromatic carbocycles. The van der Waals surface area contributed by atoms with Gasteiger partial charge in [0.05, 0.1) is 10.1 Å². The van der Waals surface area contributed by atoms with E-state index in [2.05, 4.69) is 6.92 Å². The molecule has 158 valence electrons. The zero-order chi connectivity index (χ0) is 19.5. The molecule has 0 aliphatic heterocycles. The van der Waals surface area contributed by atoms with Crippen LogP contribution in [-0.2, 0) is 10.1 Å². The molecule has 0 saturated carbocycles. The first-order valence-electron chi connectivity index (χ1n) is 11.1. The fourth-order valence-electron chi connectivity index (χ4n) is 3.48. The maximum absolute atomic E-state index is 11.4. The van der Waals surface area contributed by atoms with E-state index in [0.29, 0.717) is 19.4 Å². The van der Waals surface area contributed by atoms with E-state index in [1.54, 1.807) is 0 Å². The van der Waals surface area contributed by atoms with Crippen molar-refractivity contribution < 1.29 is 69.5 Å². The molecule has 1 unspecified atom stereocenters. The third-order valence-electron chi connectivity index (χ3n) is 5.22. The number of hydrogen-bond acceptors (Lipinski definition) is 4. The minimum absolute atomic E-state index is 0. The Balaban J connectivity index is 0. The van der Waals surface area contributed by atoms with Crippen LogP contribution in [0, 0.1) is 0 Å². The smallest absolute Gasteiger partial charge is 0.748 e. The standard InChI is InChI=1S/C21H44O4S.K/c1-2-3-4-5-12-15-18-21(26(23,24)25)19-16-13-10-8-6-7-9-11-14-17-20-22;/h21-22H,2-20H2,1H3,(H,23,24,25);/q;+1/p-1. The Morgan fingerprint density at radius 3 is 1.33 bits per heavy atom. The van der Waals surface area contributed by atoms with Gasteiger partial charge in [-0.15, -0.1) is 0 Å². The quantitative estimate of drug-likeness (QED) is 0.183. The summed E-state index contributed by atoms with van der Waals surface area (Å²) in [7, 11) is -4.14. The Kier molecular flexibility index (Phi) is 25.2. The summed E-state index contributed by atoms with van der Waals surface area (Å²) in [6, 6.07) is 0. The largest absolute Gasteiger partial charge is 1.00 e. The number of rotatable bonds is 20. The Labute approximate surface area is 211 Å². The number of aliphatic hydroxyl groups excluding tert-OH is 1. The van der Waals surface area contributed by atoms with Gasteiger partial charge in [0.1, 0.15) is 0 Å². The summed E-state index contributed by atoms with van der Waals surface area (Å²) < 4.78 is 34.3. The third-order valence-corrected chi connectivity index (χ3v) is 6.51. The molecule has 0 aliphatic rings. The van der Waals surface area contributed by atoms with E-state index in [1.807, 2.05) is 0 Å². The first-order chi connectivity index (χ1) is 12.5. The Hall–Kier alpha value is 1.51. The molecule has 0 heterocycles. The molecule has 4 nitrogen and oxygen atoms in total. The maximum atomic E-state index is 11.4. The first-order valence-corrected chi connectivity index (χ1v) is 12.5. The van der Waals surface area contributed by atoms with E-state index in [4.69, 9.17) is 5.11 Å². The summed E-state index contributed by atoms with van der Waals surface area (Å²) in [5.74, 6) is 0. The maximum Gasteiger partial charge on any atom is 1.00 e. The van der Waals surface area contributed by atoms with Crippen LogP contribution in [0.2, 0.25) is 0 Å². The van der Waals surface area contributed by atoms with E-state index >= 15 is 0 Å². The van der Waals surface area contributed by atoms with Gasteiger partial charge in [-0.05, 0) is 19.3 Å². The average Bonchev–Trinajstić information content (AvgIpc) is 2.59. The molecule has 6 heteroatoms. The fourth-order valence-corrected chi connectivity index (χ4v) is 4.39. The number of aliphatic hydroxyl groups is 1. The second kappa shape index (κ2) is 22.2. The van der Waals surface area contributed by atoms with Crippen molar-refractivity contribution in [3.63, 3.8) is 0 Å². The van der Waals surface area contributed by atoms with Crippen molar-refractivity contribution in [1.82, 2.24) is 0 Å². The van der Waals surface area contributed by atoms with Crippen LogP contribution in [0.3, 0.4) is 0 Å². The monoisotopic (exact) mass is 430 g/mol. The van der Waals surface area contributed by atoms with Gasteiger partial charge in [0.2, 0.25) is 0 Å². The first kappa shape index (κ1) is 30.7. The molecule has 0 aromatic heterocycles. The molecule has 0 amide bonds. The van der Waals surface area contributed by atoms with Crippen LogP contribution in [0.1, 0.15) is 122 Å². The van der Waals surface area contributed by atoms with Crippen LogP contribution >= 0.6 is 0 Å². The topological polar surface area (TPSA) is 77.4 Å². The summed E-state index contributed by atoms with van der Waals surface area (Å²) in [4.78, 5) is 0. The van der Waals surface area contributed by atoms with Gasteiger partial charge in [0.25, 0.3) is 0 Å². The Morgan fingerprint density at radius 1 is 0.667 bits per heavy atom. The van der Waals surface area contributed by atoms with Crippen LogP contribution in [0.25, 0.3) is 0 Å². The van der Waals surface area contributed by atoms with Gasteiger partial charge in [-0.3, -0.25) is 0 Å². The molecule has 0 spiro atoms. The van der Waals surface area contributed by atoms with Gasteiger partial charge in [0.15, 0.2) is 0 Å². The Morgan fingerprint density at radius 2 is 1.00 bits per heavy atom. The summed E-state index contributed by atoms with van der Waals surface area (Å²) in [5.41, 5.74) is 0. The molecule has 0 radical (unpaired) electrons. The van der Waals surface area contributed by atoms with Gasteiger partial charge in [-0.25, -0.2) is 8.42 Å². The van der Waals surface area contributed by atoms with E-state index in [1.165, 1.54) is 51.4 Å². The molecule has 0 aromatic rings. The van der Waals surface area contributed by atoms with E-state index in [9.17, 15) is 13.0 Å². The van der Waals surface area contributed by atoms with Gasteiger partial charge < -0.3 is 9.66 Å². The van der Waals surface area contributed by atoms with Crippen molar-refractivity contribution in [3.05, 3.63) is 0 Å². The van der Waals surface area contributed by atoms with Crippen LogP contribution in [0.15, 0.2) is 0 Å². The molecule has 0 aliphatic carbocycles. The zero-order valence-corrected chi connectivity index (χ0v) is 22.0. The van der Waals surface area contributed by atoms with Crippen molar-refractivity contribution in [3.8, 4) is 0 Å². The van der Waals surface area contributed by atoms with E-state index in [0.717, 1.165) is 51.4 Å². The predicted molar refractivity (Wildman–Crippen MR) is 109 cm³/mol. The molecule has 1 atom stereocenters. The van der Waals surface area contributed by atoms with Crippen molar-refractivity contribution in [1.29, 1.82) is 0 Å². The van der Waals surface area contributed by atoms with Crippen molar-refractivity contribution in [2.75, 3.05) is 6.61 Å². The van der Waals surface area contributed by atoms with Crippen LogP contribution in [0.4, 0.5) is 0 Å². The number of hydrogen-bond donors (Lipinski definition) is 1. The molecule has 27 heavy (non-hydrogen) atoms. The second-order valence-corrected chi connectivity index (χ2v) is 9.37. The van der Waals surface area contributed by atoms with Crippen molar-refractivity contribution >= 4 is 10.1 Å². The SMILES string of the molecule is CCCCCCCCC(CCCCCCCCCCCCO)S(=O)(=O)[O-].[K+]. The van der Waals surface area contributed by atoms with E-state index < -0.39 is 15.4 Å². The van der Waals surface area contributed by atoms with Crippen LogP contribution in [-0.4, -0.2) is 29.9 Å². The van der Waals surface area contributed by atoms with Crippen molar-refractivity contribution in [2.24, 2.45) is 0 Å². The molecule has 0 saturated heterocycles. The van der Waals surface area contributed by atoms with Gasteiger partial charge in [0, 0.05) is 11.9 Å². The van der Waals surface area contributed by atoms with Gasteiger partial charge >= 0.3 is 51.4 Å². The molecular weight excluding hydrogens is 387 g/mol. The minimum Gasteiger partial charge on any atom is -0.748 e. The van der Waals surface area contributed by atoms with Crippen LogP contribution in [0.5, 0.6) is 0 Å². The minimum atomic E-state index is -4.14. The molecular formula is C21H43KO4S. The average molecular weight is 431 g/mol. The van der Waals surface area contributed by atoms with E-state index in [-0.39, 0.29) is 51.4 Å². The summed E-state index contributed by atoms with van der Waals surface area (Å²) >= 11 is 0. The zero-order valence-electron chi connectivity index (χ0n) is 18.1. The number of unbranched alkanes of at least 4 members (excludes halogenated alkanes) is 14.